The lowest BCUT2D eigenvalue weighted by Gasteiger charge is -2.34. The standard InChI is InChI=1S/C21H22ClN5O2/c22-18-7-3-4-8-19(18)24-20(28)14-25-9-11-26(12-10-25)15-27-21(29)17-6-2-1-5-16(17)13-23-27/h1-8,13H,9-12,14-15H2,(H,24,28). The molecule has 0 bridgehead atoms. The summed E-state index contributed by atoms with van der Waals surface area (Å²) in [5.74, 6) is -0.0843. The fourth-order valence-corrected chi connectivity index (χ4v) is 3.65. The van der Waals surface area contributed by atoms with Gasteiger partial charge in [0.2, 0.25) is 5.91 Å². The number of nitrogens with one attached hydrogen (secondary N) is 1. The Morgan fingerprint density at radius 1 is 1.00 bits per heavy atom. The molecule has 8 heteroatoms. The molecular weight excluding hydrogens is 390 g/mol. The molecule has 1 aromatic heterocycles. The molecule has 0 radical (unpaired) electrons. The van der Waals surface area contributed by atoms with Gasteiger partial charge in [-0.15, -0.1) is 0 Å². The summed E-state index contributed by atoms with van der Waals surface area (Å²) in [6.45, 7) is 3.79. The fraction of sp³-hybridized carbons (Fsp3) is 0.286. The van der Waals surface area contributed by atoms with Gasteiger partial charge < -0.3 is 5.32 Å². The molecule has 0 atom stereocenters. The highest BCUT2D eigenvalue weighted by Crippen LogP contribution is 2.20. The number of carbonyl (C=O) groups is 1. The lowest BCUT2D eigenvalue weighted by molar-refractivity contribution is -0.117. The minimum atomic E-state index is -0.0843. The van der Waals surface area contributed by atoms with Crippen molar-refractivity contribution in [2.45, 2.75) is 6.67 Å². The molecular formula is C21H22ClN5O2. The number of hydrogen-bond acceptors (Lipinski definition) is 5. The summed E-state index contributed by atoms with van der Waals surface area (Å²) in [4.78, 5) is 29.2. The molecule has 1 saturated heterocycles. The zero-order valence-corrected chi connectivity index (χ0v) is 16.7. The predicted octanol–water partition coefficient (Wildman–Crippen LogP) is 2.26. The maximum absolute atomic E-state index is 12.6. The molecule has 1 aliphatic rings. The predicted molar refractivity (Wildman–Crippen MR) is 114 cm³/mol. The molecule has 0 saturated carbocycles. The van der Waals surface area contributed by atoms with Crippen LogP contribution in [0.4, 0.5) is 5.69 Å². The Hall–Kier alpha value is -2.74. The molecule has 1 N–H and O–H groups in total. The largest absolute Gasteiger partial charge is 0.324 e. The third-order valence-corrected chi connectivity index (χ3v) is 5.41. The summed E-state index contributed by atoms with van der Waals surface area (Å²) in [7, 11) is 0. The molecule has 29 heavy (non-hydrogen) atoms. The monoisotopic (exact) mass is 411 g/mol. The van der Waals surface area contributed by atoms with Crippen LogP contribution in [0.5, 0.6) is 0 Å². The Bertz CT molecular complexity index is 1080. The van der Waals surface area contributed by atoms with Gasteiger partial charge in [0.15, 0.2) is 0 Å². The van der Waals surface area contributed by atoms with Crippen LogP contribution in [0.1, 0.15) is 0 Å². The maximum atomic E-state index is 12.6. The number of hydrogen-bond donors (Lipinski definition) is 1. The second kappa shape index (κ2) is 8.73. The molecule has 1 aliphatic heterocycles. The van der Waals surface area contributed by atoms with Crippen LogP contribution < -0.4 is 10.9 Å². The van der Waals surface area contributed by atoms with Gasteiger partial charge >= 0.3 is 0 Å². The van der Waals surface area contributed by atoms with Crippen LogP contribution in [0, 0.1) is 0 Å². The number of fused-ring (bicyclic) bond motifs is 1. The zero-order valence-electron chi connectivity index (χ0n) is 15.9. The number of nitrogens with zero attached hydrogens (tertiary/aromatic N) is 4. The third-order valence-electron chi connectivity index (χ3n) is 5.08. The van der Waals surface area contributed by atoms with Crippen molar-refractivity contribution in [2.24, 2.45) is 0 Å². The lowest BCUT2D eigenvalue weighted by Crippen LogP contribution is -2.49. The zero-order chi connectivity index (χ0) is 20.2. The van der Waals surface area contributed by atoms with Gasteiger partial charge in [-0.1, -0.05) is 41.9 Å². The fourth-order valence-electron chi connectivity index (χ4n) is 3.46. The average Bonchev–Trinajstić information content (AvgIpc) is 2.73. The van der Waals surface area contributed by atoms with Gasteiger partial charge in [-0.2, -0.15) is 5.10 Å². The second-order valence-electron chi connectivity index (χ2n) is 7.10. The number of para-hydroxylation sites is 1. The first-order valence-corrected chi connectivity index (χ1v) is 9.92. The Balaban J connectivity index is 1.31. The molecule has 7 nitrogen and oxygen atoms in total. The topological polar surface area (TPSA) is 70.5 Å². The van der Waals surface area contributed by atoms with Crippen LogP contribution in [0.2, 0.25) is 5.02 Å². The first kappa shape index (κ1) is 19.6. The van der Waals surface area contributed by atoms with Crippen LogP contribution in [-0.4, -0.2) is 58.2 Å². The van der Waals surface area contributed by atoms with Crippen molar-refractivity contribution in [3.05, 3.63) is 70.1 Å². The van der Waals surface area contributed by atoms with E-state index in [0.29, 0.717) is 29.3 Å². The van der Waals surface area contributed by atoms with Gasteiger partial charge in [-0.25, -0.2) is 4.68 Å². The molecule has 1 fully saturated rings. The Labute approximate surface area is 173 Å². The number of anilines is 1. The van der Waals surface area contributed by atoms with Crippen LogP contribution in [0.3, 0.4) is 0 Å². The minimum Gasteiger partial charge on any atom is -0.324 e. The van der Waals surface area contributed by atoms with Gasteiger partial charge in [-0.3, -0.25) is 19.4 Å². The SMILES string of the molecule is O=C(CN1CCN(Cn2ncc3ccccc3c2=O)CC1)Nc1ccccc1Cl. The minimum absolute atomic E-state index is 0.0790. The molecule has 2 heterocycles. The van der Waals surface area contributed by atoms with Gasteiger partial charge in [0.05, 0.1) is 35.5 Å². The number of aromatic nitrogens is 2. The van der Waals surface area contributed by atoms with Crippen molar-refractivity contribution in [1.29, 1.82) is 0 Å². The number of benzene rings is 2. The molecule has 2 aromatic carbocycles. The van der Waals surface area contributed by atoms with E-state index in [1.807, 2.05) is 36.4 Å². The van der Waals surface area contributed by atoms with Crippen LogP contribution in [0.25, 0.3) is 10.8 Å². The number of rotatable bonds is 5. The Morgan fingerprint density at radius 2 is 1.69 bits per heavy atom. The number of carbonyl (C=O) groups excluding carboxylic acids is 1. The molecule has 3 aromatic rings. The highest BCUT2D eigenvalue weighted by Gasteiger charge is 2.20. The number of amides is 1. The number of piperazine rings is 1. The van der Waals surface area contributed by atoms with Crippen molar-refractivity contribution in [3.63, 3.8) is 0 Å². The third kappa shape index (κ3) is 4.64. The summed E-state index contributed by atoms with van der Waals surface area (Å²) in [5, 5.41) is 9.20. The van der Waals surface area contributed by atoms with E-state index in [1.165, 1.54) is 4.68 Å². The van der Waals surface area contributed by atoms with Gasteiger partial charge in [0.25, 0.3) is 5.56 Å². The second-order valence-corrected chi connectivity index (χ2v) is 7.51. The van der Waals surface area contributed by atoms with Crippen LogP contribution in [0.15, 0.2) is 59.5 Å². The molecule has 0 aliphatic carbocycles. The van der Waals surface area contributed by atoms with Crippen molar-refractivity contribution in [2.75, 3.05) is 38.0 Å². The van der Waals surface area contributed by atoms with Gasteiger partial charge in [0.1, 0.15) is 0 Å². The molecule has 1 amide bonds. The van der Waals surface area contributed by atoms with Gasteiger partial charge in [-0.05, 0) is 18.2 Å². The Kier molecular flexibility index (Phi) is 5.89. The maximum Gasteiger partial charge on any atom is 0.275 e. The van der Waals surface area contributed by atoms with Crippen LogP contribution in [-0.2, 0) is 11.5 Å². The van der Waals surface area contributed by atoms with E-state index in [2.05, 4.69) is 20.2 Å². The smallest absolute Gasteiger partial charge is 0.275 e. The van der Waals surface area contributed by atoms with Crippen molar-refractivity contribution in [1.82, 2.24) is 19.6 Å². The Morgan fingerprint density at radius 3 is 2.48 bits per heavy atom. The highest BCUT2D eigenvalue weighted by molar-refractivity contribution is 6.33. The lowest BCUT2D eigenvalue weighted by atomic mass is 10.2. The summed E-state index contributed by atoms with van der Waals surface area (Å²) < 4.78 is 1.50. The summed E-state index contributed by atoms with van der Waals surface area (Å²) in [5.41, 5.74) is 0.546. The molecule has 0 unspecified atom stereocenters. The number of halogens is 1. The van der Waals surface area contributed by atoms with E-state index in [9.17, 15) is 9.59 Å². The first-order valence-electron chi connectivity index (χ1n) is 9.54. The van der Waals surface area contributed by atoms with E-state index in [1.54, 1.807) is 18.3 Å². The van der Waals surface area contributed by atoms with E-state index in [4.69, 9.17) is 11.6 Å². The van der Waals surface area contributed by atoms with Crippen molar-refractivity contribution < 1.29 is 4.79 Å². The summed E-state index contributed by atoms with van der Waals surface area (Å²) in [6, 6.07) is 14.7. The van der Waals surface area contributed by atoms with Gasteiger partial charge in [0, 0.05) is 31.6 Å². The molecule has 150 valence electrons. The van der Waals surface area contributed by atoms with E-state index >= 15 is 0 Å². The quantitative estimate of drug-likeness (QED) is 0.697. The molecule has 4 rings (SSSR count). The van der Waals surface area contributed by atoms with E-state index < -0.39 is 0 Å². The van der Waals surface area contributed by atoms with Crippen molar-refractivity contribution in [3.8, 4) is 0 Å². The molecule has 0 spiro atoms. The van der Waals surface area contributed by atoms with Crippen molar-refractivity contribution >= 4 is 34.0 Å². The first-order chi connectivity index (χ1) is 14.1. The highest BCUT2D eigenvalue weighted by atomic mass is 35.5. The normalized spacial score (nSPS) is 15.5. The van der Waals surface area contributed by atoms with E-state index in [0.717, 1.165) is 31.6 Å². The van der Waals surface area contributed by atoms with Crippen LogP contribution >= 0.6 is 11.6 Å². The average molecular weight is 412 g/mol. The summed E-state index contributed by atoms with van der Waals surface area (Å²) in [6.07, 6.45) is 1.73. The van der Waals surface area contributed by atoms with E-state index in [-0.39, 0.29) is 11.5 Å². The summed E-state index contributed by atoms with van der Waals surface area (Å²) >= 11 is 6.09.